The van der Waals surface area contributed by atoms with Gasteiger partial charge in [0.1, 0.15) is 0 Å². The molecule has 0 saturated heterocycles. The van der Waals surface area contributed by atoms with Gasteiger partial charge in [-0.1, -0.05) is 40.9 Å². The normalized spacial score (nSPS) is 10.8. The molecule has 0 atom stereocenters. The monoisotopic (exact) mass is 298 g/mol. The lowest BCUT2D eigenvalue weighted by molar-refractivity contribution is 1.35. The molecule has 2 aromatic carbocycles. The lowest BCUT2D eigenvalue weighted by Crippen LogP contribution is -1.90. The third-order valence-corrected chi connectivity index (χ3v) is 3.02. The van der Waals surface area contributed by atoms with E-state index in [-0.39, 0.29) is 0 Å². The van der Waals surface area contributed by atoms with Gasteiger partial charge in [-0.2, -0.15) is 5.10 Å². The lowest BCUT2D eigenvalue weighted by atomic mass is 10.2. The highest BCUT2D eigenvalue weighted by Gasteiger charge is 1.97. The molecule has 2 rings (SSSR count). The van der Waals surface area contributed by atoms with E-state index in [4.69, 9.17) is 34.8 Å². The number of hydrogen-bond acceptors (Lipinski definition) is 2. The SMILES string of the molecule is Clc1ccc(N/N=C\c2ccc(Cl)cc2Cl)cc1. The molecule has 0 aromatic heterocycles. The molecule has 5 heteroatoms. The first-order valence-corrected chi connectivity index (χ1v) is 6.28. The molecule has 0 bridgehead atoms. The molecule has 0 aliphatic heterocycles. The molecule has 2 aromatic rings. The zero-order valence-electron chi connectivity index (χ0n) is 9.20. The van der Waals surface area contributed by atoms with E-state index < -0.39 is 0 Å². The summed E-state index contributed by atoms with van der Waals surface area (Å²) in [4.78, 5) is 0. The summed E-state index contributed by atoms with van der Waals surface area (Å²) in [6.45, 7) is 0. The van der Waals surface area contributed by atoms with Crippen LogP contribution >= 0.6 is 34.8 Å². The quantitative estimate of drug-likeness (QED) is 0.619. The van der Waals surface area contributed by atoms with Gasteiger partial charge in [-0.15, -0.1) is 0 Å². The van der Waals surface area contributed by atoms with Crippen molar-refractivity contribution in [1.29, 1.82) is 0 Å². The van der Waals surface area contributed by atoms with Crippen molar-refractivity contribution in [2.24, 2.45) is 5.10 Å². The number of nitrogens with one attached hydrogen (secondary N) is 1. The summed E-state index contributed by atoms with van der Waals surface area (Å²) in [6.07, 6.45) is 1.63. The molecular weight excluding hydrogens is 291 g/mol. The van der Waals surface area contributed by atoms with Gasteiger partial charge >= 0.3 is 0 Å². The van der Waals surface area contributed by atoms with E-state index in [1.54, 1.807) is 36.5 Å². The standard InChI is InChI=1S/C13H9Cl3N2/c14-10-3-5-12(6-4-10)18-17-8-9-1-2-11(15)7-13(9)16/h1-8,18H/b17-8-. The highest BCUT2D eigenvalue weighted by molar-refractivity contribution is 6.36. The number of hydrazone groups is 1. The lowest BCUT2D eigenvalue weighted by Gasteiger charge is -2.01. The molecule has 0 aliphatic carbocycles. The summed E-state index contributed by atoms with van der Waals surface area (Å²) in [5, 5.41) is 5.93. The molecule has 0 radical (unpaired) electrons. The average molecular weight is 300 g/mol. The zero-order valence-corrected chi connectivity index (χ0v) is 11.5. The molecule has 0 fully saturated rings. The van der Waals surface area contributed by atoms with Gasteiger partial charge in [-0.3, -0.25) is 5.43 Å². The summed E-state index contributed by atoms with van der Waals surface area (Å²) in [5.41, 5.74) is 4.52. The number of anilines is 1. The fraction of sp³-hybridized carbons (Fsp3) is 0. The van der Waals surface area contributed by atoms with Crippen LogP contribution in [0.3, 0.4) is 0 Å². The minimum Gasteiger partial charge on any atom is -0.279 e. The van der Waals surface area contributed by atoms with Gasteiger partial charge in [0.05, 0.1) is 16.9 Å². The summed E-state index contributed by atoms with van der Waals surface area (Å²) < 4.78 is 0. The Hall–Kier alpha value is -1.22. The summed E-state index contributed by atoms with van der Waals surface area (Å²) in [6, 6.07) is 12.5. The molecule has 0 unspecified atom stereocenters. The van der Waals surface area contributed by atoms with Crippen LogP contribution in [0.15, 0.2) is 47.6 Å². The van der Waals surface area contributed by atoms with Crippen LogP contribution in [0.4, 0.5) is 5.69 Å². The second-order valence-electron chi connectivity index (χ2n) is 3.54. The second-order valence-corrected chi connectivity index (χ2v) is 4.82. The van der Waals surface area contributed by atoms with E-state index in [1.807, 2.05) is 12.1 Å². The molecule has 0 saturated carbocycles. The number of hydrogen-bond donors (Lipinski definition) is 1. The van der Waals surface area contributed by atoms with Crippen molar-refractivity contribution < 1.29 is 0 Å². The predicted molar refractivity (Wildman–Crippen MR) is 79.1 cm³/mol. The first kappa shape index (κ1) is 13.2. The summed E-state index contributed by atoms with van der Waals surface area (Å²) >= 11 is 17.6. The van der Waals surface area contributed by atoms with Crippen LogP contribution in [0, 0.1) is 0 Å². The van der Waals surface area contributed by atoms with Crippen LogP contribution in [-0.2, 0) is 0 Å². The number of benzene rings is 2. The number of halogens is 3. The maximum atomic E-state index is 6.01. The minimum absolute atomic E-state index is 0.559. The molecule has 92 valence electrons. The Bertz CT molecular complexity index is 565. The Balaban J connectivity index is 2.05. The molecule has 0 amide bonds. The van der Waals surface area contributed by atoms with Gasteiger partial charge in [0.15, 0.2) is 0 Å². The van der Waals surface area contributed by atoms with Crippen molar-refractivity contribution in [2.45, 2.75) is 0 Å². The van der Waals surface area contributed by atoms with Crippen LogP contribution in [-0.4, -0.2) is 6.21 Å². The van der Waals surface area contributed by atoms with Gasteiger partial charge in [0.25, 0.3) is 0 Å². The van der Waals surface area contributed by atoms with Gasteiger partial charge in [0.2, 0.25) is 0 Å². The largest absolute Gasteiger partial charge is 0.279 e. The summed E-state index contributed by atoms with van der Waals surface area (Å²) in [7, 11) is 0. The van der Waals surface area contributed by atoms with E-state index >= 15 is 0 Å². The van der Waals surface area contributed by atoms with Gasteiger partial charge in [-0.05, 0) is 36.4 Å². The first-order chi connectivity index (χ1) is 8.65. The van der Waals surface area contributed by atoms with Crippen LogP contribution in [0.25, 0.3) is 0 Å². The molecular formula is C13H9Cl3N2. The minimum atomic E-state index is 0.559. The highest BCUT2D eigenvalue weighted by atomic mass is 35.5. The third kappa shape index (κ3) is 3.64. The Morgan fingerprint density at radius 2 is 1.56 bits per heavy atom. The zero-order chi connectivity index (χ0) is 13.0. The van der Waals surface area contributed by atoms with E-state index in [2.05, 4.69) is 10.5 Å². The Morgan fingerprint density at radius 3 is 2.22 bits per heavy atom. The van der Waals surface area contributed by atoms with E-state index in [0.717, 1.165) is 11.3 Å². The van der Waals surface area contributed by atoms with Crippen LogP contribution < -0.4 is 5.43 Å². The Morgan fingerprint density at radius 1 is 0.889 bits per heavy atom. The van der Waals surface area contributed by atoms with Gasteiger partial charge in [-0.25, -0.2) is 0 Å². The predicted octanol–water partition coefficient (Wildman–Crippen LogP) is 5.09. The molecule has 2 nitrogen and oxygen atoms in total. The highest BCUT2D eigenvalue weighted by Crippen LogP contribution is 2.19. The smallest absolute Gasteiger partial charge is 0.0562 e. The average Bonchev–Trinajstić information content (AvgIpc) is 2.34. The van der Waals surface area contributed by atoms with Crippen molar-refractivity contribution in [2.75, 3.05) is 5.43 Å². The van der Waals surface area contributed by atoms with Crippen LogP contribution in [0.1, 0.15) is 5.56 Å². The molecule has 0 heterocycles. The fourth-order valence-electron chi connectivity index (χ4n) is 1.31. The molecule has 0 spiro atoms. The van der Waals surface area contributed by atoms with Gasteiger partial charge in [0, 0.05) is 15.6 Å². The van der Waals surface area contributed by atoms with Crippen molar-refractivity contribution in [3.63, 3.8) is 0 Å². The van der Waals surface area contributed by atoms with Crippen molar-refractivity contribution in [3.05, 3.63) is 63.1 Å². The van der Waals surface area contributed by atoms with E-state index in [1.165, 1.54) is 0 Å². The first-order valence-electron chi connectivity index (χ1n) is 5.15. The number of rotatable bonds is 3. The van der Waals surface area contributed by atoms with Crippen molar-refractivity contribution in [1.82, 2.24) is 0 Å². The third-order valence-electron chi connectivity index (χ3n) is 2.20. The Labute approximate surface area is 120 Å². The topological polar surface area (TPSA) is 24.4 Å². The van der Waals surface area contributed by atoms with Crippen LogP contribution in [0.2, 0.25) is 15.1 Å². The maximum absolute atomic E-state index is 6.01. The number of nitrogens with zero attached hydrogens (tertiary/aromatic N) is 1. The van der Waals surface area contributed by atoms with Crippen molar-refractivity contribution in [3.8, 4) is 0 Å². The molecule has 18 heavy (non-hydrogen) atoms. The molecule has 0 aliphatic rings. The summed E-state index contributed by atoms with van der Waals surface area (Å²) in [5.74, 6) is 0. The maximum Gasteiger partial charge on any atom is 0.0562 e. The second kappa shape index (κ2) is 6.10. The van der Waals surface area contributed by atoms with Crippen molar-refractivity contribution >= 4 is 46.7 Å². The van der Waals surface area contributed by atoms with Gasteiger partial charge < -0.3 is 0 Å². The molecule has 1 N–H and O–H groups in total. The van der Waals surface area contributed by atoms with E-state index in [0.29, 0.717) is 15.1 Å². The van der Waals surface area contributed by atoms with Crippen LogP contribution in [0.5, 0.6) is 0 Å². The van der Waals surface area contributed by atoms with E-state index in [9.17, 15) is 0 Å². The fourth-order valence-corrected chi connectivity index (χ4v) is 1.89. The Kier molecular flexibility index (Phi) is 4.48.